The number of alkyl halides is 5. The number of carbonyl (C=O) groups excluding carboxylic acids is 1. The van der Waals surface area contributed by atoms with Gasteiger partial charge in [0.25, 0.3) is 6.43 Å². The number of carbonyl (C=O) groups is 1. The molecule has 0 N–H and O–H groups in total. The predicted octanol–water partition coefficient (Wildman–Crippen LogP) is 4.24. The van der Waals surface area contributed by atoms with Crippen LogP contribution in [-0.2, 0) is 6.18 Å². The zero-order chi connectivity index (χ0) is 13.2. The lowest BCUT2D eigenvalue weighted by Gasteiger charge is -2.13. The normalized spacial score (nSPS) is 11.9. The van der Waals surface area contributed by atoms with E-state index in [-0.39, 0.29) is 12.0 Å². The third kappa shape index (κ3) is 3.01. The average Bonchev–Trinajstić information content (AvgIpc) is 2.25. The summed E-state index contributed by atoms with van der Waals surface area (Å²) >= 11 is 0. The largest absolute Gasteiger partial charge is 0.416 e. The lowest BCUT2D eigenvalue weighted by molar-refractivity contribution is -0.139. The van der Waals surface area contributed by atoms with Gasteiger partial charge in [0.15, 0.2) is 5.78 Å². The minimum absolute atomic E-state index is 0.0496. The van der Waals surface area contributed by atoms with E-state index in [4.69, 9.17) is 0 Å². The second kappa shape index (κ2) is 4.81. The maximum Gasteiger partial charge on any atom is 0.416 e. The van der Waals surface area contributed by atoms with Gasteiger partial charge in [-0.15, -0.1) is 0 Å². The first-order valence-electron chi connectivity index (χ1n) is 4.79. The Hall–Kier alpha value is -1.46. The molecule has 0 spiro atoms. The number of ketones is 1. The Morgan fingerprint density at radius 3 is 2.29 bits per heavy atom. The second-order valence-electron chi connectivity index (χ2n) is 3.38. The molecule has 0 amide bonds. The van der Waals surface area contributed by atoms with Crippen LogP contribution in [0.3, 0.4) is 0 Å². The number of halogens is 5. The van der Waals surface area contributed by atoms with Crippen molar-refractivity contribution in [2.45, 2.75) is 25.9 Å². The van der Waals surface area contributed by atoms with Crippen LogP contribution in [-0.4, -0.2) is 5.78 Å². The van der Waals surface area contributed by atoms with Crippen LogP contribution in [0.4, 0.5) is 22.0 Å². The van der Waals surface area contributed by atoms with Crippen LogP contribution in [0.15, 0.2) is 18.2 Å². The first kappa shape index (κ1) is 13.6. The predicted molar refractivity (Wildman–Crippen MR) is 51.0 cm³/mol. The van der Waals surface area contributed by atoms with Gasteiger partial charge in [-0.2, -0.15) is 13.2 Å². The van der Waals surface area contributed by atoms with Crippen molar-refractivity contribution >= 4 is 5.78 Å². The van der Waals surface area contributed by atoms with E-state index in [1.54, 1.807) is 0 Å². The molecule has 0 bridgehead atoms. The summed E-state index contributed by atoms with van der Waals surface area (Å²) in [6, 6.07) is 2.05. The Kier molecular flexibility index (Phi) is 3.85. The summed E-state index contributed by atoms with van der Waals surface area (Å²) in [5.41, 5.74) is -2.69. The summed E-state index contributed by atoms with van der Waals surface area (Å²) in [6.45, 7) is 1.50. The molecule has 0 heterocycles. The highest BCUT2D eigenvalue weighted by Crippen LogP contribution is 2.36. The average molecular weight is 252 g/mol. The van der Waals surface area contributed by atoms with Crippen molar-refractivity contribution in [3.8, 4) is 0 Å². The summed E-state index contributed by atoms with van der Waals surface area (Å²) in [4.78, 5) is 11.2. The van der Waals surface area contributed by atoms with Gasteiger partial charge in [0.2, 0.25) is 0 Å². The van der Waals surface area contributed by atoms with E-state index in [2.05, 4.69) is 0 Å². The standard InChI is InChI=1S/C11H9F5O/c1-2-9(17)6-3-4-8(11(14,15)16)7(5-6)10(12)13/h3-5,10H,2H2,1H3. The SMILES string of the molecule is CCC(=O)c1ccc(C(F)(F)F)c(C(F)F)c1. The van der Waals surface area contributed by atoms with Crippen LogP contribution in [0.5, 0.6) is 0 Å². The summed E-state index contributed by atoms with van der Waals surface area (Å²) in [6.07, 6.45) is -8.07. The van der Waals surface area contributed by atoms with E-state index in [0.29, 0.717) is 12.1 Å². The highest BCUT2D eigenvalue weighted by Gasteiger charge is 2.35. The Morgan fingerprint density at radius 1 is 1.29 bits per heavy atom. The van der Waals surface area contributed by atoms with Crippen LogP contribution < -0.4 is 0 Å². The zero-order valence-electron chi connectivity index (χ0n) is 8.81. The summed E-state index contributed by atoms with van der Waals surface area (Å²) in [7, 11) is 0. The molecule has 0 unspecified atom stereocenters. The number of benzene rings is 1. The van der Waals surface area contributed by atoms with Gasteiger partial charge in [-0.05, 0) is 12.1 Å². The summed E-state index contributed by atoms with van der Waals surface area (Å²) in [5.74, 6) is -0.472. The molecule has 1 rings (SSSR count). The number of Topliss-reactive ketones (excluding diaryl/α,β-unsaturated/α-hetero) is 1. The van der Waals surface area contributed by atoms with Crippen LogP contribution in [0, 0.1) is 0 Å². The van der Waals surface area contributed by atoms with Gasteiger partial charge in [0, 0.05) is 17.5 Å². The van der Waals surface area contributed by atoms with E-state index in [1.807, 2.05) is 0 Å². The van der Waals surface area contributed by atoms with Crippen LogP contribution >= 0.6 is 0 Å². The van der Waals surface area contributed by atoms with Crippen molar-refractivity contribution in [2.75, 3.05) is 0 Å². The van der Waals surface area contributed by atoms with Crippen LogP contribution in [0.1, 0.15) is 41.3 Å². The fourth-order valence-corrected chi connectivity index (χ4v) is 1.38. The first-order valence-corrected chi connectivity index (χ1v) is 4.79. The minimum atomic E-state index is -4.85. The fraction of sp³-hybridized carbons (Fsp3) is 0.364. The lowest BCUT2D eigenvalue weighted by Crippen LogP contribution is -2.11. The third-order valence-electron chi connectivity index (χ3n) is 2.24. The van der Waals surface area contributed by atoms with Gasteiger partial charge in [-0.3, -0.25) is 4.79 Å². The molecule has 0 fully saturated rings. The number of hydrogen-bond acceptors (Lipinski definition) is 1. The summed E-state index contributed by atoms with van der Waals surface area (Å²) in [5, 5.41) is 0. The molecule has 0 saturated heterocycles. The van der Waals surface area contributed by atoms with E-state index in [0.717, 1.165) is 6.07 Å². The molecule has 1 nitrogen and oxygen atoms in total. The van der Waals surface area contributed by atoms with Crippen molar-refractivity contribution in [3.63, 3.8) is 0 Å². The van der Waals surface area contributed by atoms with E-state index < -0.39 is 29.5 Å². The van der Waals surface area contributed by atoms with Gasteiger partial charge in [-0.1, -0.05) is 13.0 Å². The van der Waals surface area contributed by atoms with Crippen molar-refractivity contribution in [2.24, 2.45) is 0 Å². The quantitative estimate of drug-likeness (QED) is 0.581. The Labute approximate surface area is 94.2 Å². The molecule has 0 aliphatic rings. The van der Waals surface area contributed by atoms with Gasteiger partial charge >= 0.3 is 6.18 Å². The zero-order valence-corrected chi connectivity index (χ0v) is 8.81. The lowest BCUT2D eigenvalue weighted by atomic mass is 10.0. The molecule has 1 aromatic rings. The van der Waals surface area contributed by atoms with Gasteiger partial charge in [0.05, 0.1) is 5.56 Å². The molecule has 6 heteroatoms. The first-order chi connectivity index (χ1) is 7.77. The molecule has 0 aromatic heterocycles. The van der Waals surface area contributed by atoms with Crippen molar-refractivity contribution < 1.29 is 26.7 Å². The van der Waals surface area contributed by atoms with Gasteiger partial charge < -0.3 is 0 Å². The topological polar surface area (TPSA) is 17.1 Å². The molecule has 0 aliphatic heterocycles. The highest BCUT2D eigenvalue weighted by molar-refractivity contribution is 5.96. The molecule has 0 radical (unpaired) electrons. The van der Waals surface area contributed by atoms with Crippen LogP contribution in [0.25, 0.3) is 0 Å². The van der Waals surface area contributed by atoms with Crippen molar-refractivity contribution in [3.05, 3.63) is 34.9 Å². The molecule has 17 heavy (non-hydrogen) atoms. The third-order valence-corrected chi connectivity index (χ3v) is 2.24. The Morgan fingerprint density at radius 2 is 1.88 bits per heavy atom. The maximum absolute atomic E-state index is 12.5. The van der Waals surface area contributed by atoms with E-state index in [9.17, 15) is 26.7 Å². The Balaban J connectivity index is 3.32. The maximum atomic E-state index is 12.5. The summed E-state index contributed by atoms with van der Waals surface area (Å²) < 4.78 is 62.2. The molecular formula is C11H9F5O. The van der Waals surface area contributed by atoms with Crippen molar-refractivity contribution in [1.82, 2.24) is 0 Å². The molecule has 0 atom stereocenters. The van der Waals surface area contributed by atoms with Crippen LogP contribution in [0.2, 0.25) is 0 Å². The molecule has 1 aromatic carbocycles. The highest BCUT2D eigenvalue weighted by atomic mass is 19.4. The van der Waals surface area contributed by atoms with Crippen molar-refractivity contribution in [1.29, 1.82) is 0 Å². The van der Waals surface area contributed by atoms with E-state index in [1.165, 1.54) is 6.92 Å². The minimum Gasteiger partial charge on any atom is -0.294 e. The second-order valence-corrected chi connectivity index (χ2v) is 3.38. The van der Waals surface area contributed by atoms with Gasteiger partial charge in [0.1, 0.15) is 0 Å². The number of hydrogen-bond donors (Lipinski definition) is 0. The van der Waals surface area contributed by atoms with E-state index >= 15 is 0 Å². The van der Waals surface area contributed by atoms with Gasteiger partial charge in [-0.25, -0.2) is 8.78 Å². The molecular weight excluding hydrogens is 243 g/mol. The molecule has 0 aliphatic carbocycles. The Bertz CT molecular complexity index is 422. The fourth-order valence-electron chi connectivity index (χ4n) is 1.38. The molecule has 94 valence electrons. The number of rotatable bonds is 3. The smallest absolute Gasteiger partial charge is 0.294 e. The monoisotopic (exact) mass is 252 g/mol. The molecule has 0 saturated carbocycles.